The van der Waals surface area contributed by atoms with E-state index in [1.807, 2.05) is 17.5 Å². The predicted molar refractivity (Wildman–Crippen MR) is 140 cm³/mol. The normalized spacial score (nSPS) is 13.6. The lowest BCUT2D eigenvalue weighted by molar-refractivity contribution is -0.135. The highest BCUT2D eigenvalue weighted by atomic mass is 35.5. The maximum Gasteiger partial charge on any atom is 0.280 e. The number of morpholine rings is 1. The van der Waals surface area contributed by atoms with Crippen molar-refractivity contribution in [3.63, 3.8) is 0 Å². The number of nitrogens with zero attached hydrogens (tertiary/aromatic N) is 4. The molecule has 0 saturated carbocycles. The molecule has 5 rings (SSSR count). The SMILES string of the molecule is O=C(Cn1ccc(-c2cc(NCc3ccc(Cl)s3)n(C(=O)c3ccsc3)n2)cc1=O)N1CCOCC1. The zero-order chi connectivity index (χ0) is 25.1. The summed E-state index contributed by atoms with van der Waals surface area (Å²) < 4.78 is 8.64. The molecule has 5 heterocycles. The summed E-state index contributed by atoms with van der Waals surface area (Å²) in [4.78, 5) is 41.2. The van der Waals surface area contributed by atoms with E-state index in [2.05, 4.69) is 10.4 Å². The van der Waals surface area contributed by atoms with Crippen molar-refractivity contribution >= 4 is 51.9 Å². The molecule has 186 valence electrons. The van der Waals surface area contributed by atoms with Crippen LogP contribution in [0.5, 0.6) is 0 Å². The number of nitrogens with one attached hydrogen (secondary N) is 1. The van der Waals surface area contributed by atoms with Crippen LogP contribution in [-0.4, -0.2) is 57.4 Å². The van der Waals surface area contributed by atoms with E-state index in [1.54, 1.807) is 34.7 Å². The largest absolute Gasteiger partial charge is 0.378 e. The van der Waals surface area contributed by atoms with Gasteiger partial charge >= 0.3 is 0 Å². The number of hydrogen-bond donors (Lipinski definition) is 1. The molecular formula is C24H22ClN5O4S2. The van der Waals surface area contributed by atoms with Crippen molar-refractivity contribution in [1.29, 1.82) is 0 Å². The topological polar surface area (TPSA) is 98.5 Å². The Morgan fingerprint density at radius 1 is 1.14 bits per heavy atom. The van der Waals surface area contributed by atoms with E-state index in [9.17, 15) is 14.4 Å². The second-order valence-corrected chi connectivity index (χ2v) is 10.7. The van der Waals surface area contributed by atoms with Gasteiger partial charge < -0.3 is 19.5 Å². The number of aromatic nitrogens is 3. The molecule has 1 amide bonds. The summed E-state index contributed by atoms with van der Waals surface area (Å²) in [5.74, 6) is 0.0926. The van der Waals surface area contributed by atoms with Gasteiger partial charge in [0.2, 0.25) is 5.91 Å². The number of anilines is 1. The maximum absolute atomic E-state index is 13.1. The van der Waals surface area contributed by atoms with E-state index in [4.69, 9.17) is 16.3 Å². The van der Waals surface area contributed by atoms with Gasteiger partial charge in [-0.2, -0.15) is 21.1 Å². The Morgan fingerprint density at radius 3 is 2.67 bits per heavy atom. The van der Waals surface area contributed by atoms with Gasteiger partial charge in [0.1, 0.15) is 12.4 Å². The van der Waals surface area contributed by atoms with Gasteiger partial charge in [-0.1, -0.05) is 11.6 Å². The van der Waals surface area contributed by atoms with E-state index in [-0.39, 0.29) is 23.9 Å². The van der Waals surface area contributed by atoms with Crippen LogP contribution in [0.4, 0.5) is 5.82 Å². The van der Waals surface area contributed by atoms with Crippen molar-refractivity contribution in [2.45, 2.75) is 13.1 Å². The van der Waals surface area contributed by atoms with Gasteiger partial charge in [-0.15, -0.1) is 11.3 Å². The average Bonchev–Trinajstić information content (AvgIpc) is 3.65. The van der Waals surface area contributed by atoms with Crippen molar-refractivity contribution in [1.82, 2.24) is 19.2 Å². The summed E-state index contributed by atoms with van der Waals surface area (Å²) in [6, 6.07) is 10.4. The first-order valence-corrected chi connectivity index (χ1v) is 13.3. The number of thiophene rings is 2. The Hall–Kier alpha value is -3.25. The molecule has 36 heavy (non-hydrogen) atoms. The van der Waals surface area contributed by atoms with E-state index in [0.717, 1.165) is 4.88 Å². The predicted octanol–water partition coefficient (Wildman–Crippen LogP) is 3.65. The number of pyridine rings is 1. The number of carbonyl (C=O) groups excluding carboxylic acids is 2. The molecule has 0 radical (unpaired) electrons. The number of hydrogen-bond acceptors (Lipinski definition) is 8. The Kier molecular flexibility index (Phi) is 7.33. The van der Waals surface area contributed by atoms with Crippen molar-refractivity contribution < 1.29 is 14.3 Å². The van der Waals surface area contributed by atoms with Gasteiger partial charge in [0.15, 0.2) is 0 Å². The molecule has 1 aliphatic rings. The van der Waals surface area contributed by atoms with Crippen LogP contribution in [0.1, 0.15) is 15.2 Å². The van der Waals surface area contributed by atoms with Gasteiger partial charge in [0.25, 0.3) is 11.5 Å². The monoisotopic (exact) mass is 543 g/mol. The van der Waals surface area contributed by atoms with Crippen molar-refractivity contribution in [2.75, 3.05) is 31.6 Å². The van der Waals surface area contributed by atoms with Gasteiger partial charge in [0, 0.05) is 47.2 Å². The van der Waals surface area contributed by atoms with Crippen molar-refractivity contribution in [3.8, 4) is 11.3 Å². The van der Waals surface area contributed by atoms with Gasteiger partial charge in [-0.25, -0.2) is 0 Å². The highest BCUT2D eigenvalue weighted by Crippen LogP contribution is 2.25. The lowest BCUT2D eigenvalue weighted by Gasteiger charge is -2.27. The van der Waals surface area contributed by atoms with Crippen molar-refractivity contribution in [2.24, 2.45) is 0 Å². The Balaban J connectivity index is 1.39. The molecule has 0 aromatic carbocycles. The minimum absolute atomic E-state index is 0.0413. The lowest BCUT2D eigenvalue weighted by Crippen LogP contribution is -2.43. The minimum Gasteiger partial charge on any atom is -0.378 e. The molecule has 1 saturated heterocycles. The average molecular weight is 544 g/mol. The van der Waals surface area contributed by atoms with Crippen LogP contribution >= 0.6 is 34.3 Å². The molecule has 1 fully saturated rings. The van der Waals surface area contributed by atoms with Gasteiger partial charge in [-0.05, 0) is 29.6 Å². The third-order valence-corrected chi connectivity index (χ3v) is 7.62. The molecule has 0 bridgehead atoms. The van der Waals surface area contributed by atoms with E-state index in [0.29, 0.717) is 59.8 Å². The first kappa shape index (κ1) is 24.4. The highest BCUT2D eigenvalue weighted by Gasteiger charge is 2.20. The number of halogens is 1. The maximum atomic E-state index is 13.1. The summed E-state index contributed by atoms with van der Waals surface area (Å²) in [6.07, 6.45) is 1.58. The van der Waals surface area contributed by atoms with Gasteiger partial charge in [-0.3, -0.25) is 14.4 Å². The molecule has 4 aromatic heterocycles. The summed E-state index contributed by atoms with van der Waals surface area (Å²) in [6.45, 7) is 2.47. The van der Waals surface area contributed by atoms with Gasteiger partial charge in [0.05, 0.1) is 35.4 Å². The zero-order valence-corrected chi connectivity index (χ0v) is 21.4. The summed E-state index contributed by atoms with van der Waals surface area (Å²) >= 11 is 8.91. The van der Waals surface area contributed by atoms with E-state index >= 15 is 0 Å². The fraction of sp³-hybridized carbons (Fsp3) is 0.250. The van der Waals surface area contributed by atoms with Crippen LogP contribution in [0.3, 0.4) is 0 Å². The van der Waals surface area contributed by atoms with Crippen LogP contribution in [0.15, 0.2) is 58.1 Å². The number of ether oxygens (including phenoxy) is 1. The fourth-order valence-electron chi connectivity index (χ4n) is 3.79. The first-order chi connectivity index (χ1) is 17.5. The number of rotatable bonds is 7. The van der Waals surface area contributed by atoms with E-state index < -0.39 is 0 Å². The molecule has 9 nitrogen and oxygen atoms in total. The highest BCUT2D eigenvalue weighted by molar-refractivity contribution is 7.16. The van der Waals surface area contributed by atoms with Crippen LogP contribution in [-0.2, 0) is 22.6 Å². The zero-order valence-electron chi connectivity index (χ0n) is 19.1. The molecule has 12 heteroatoms. The lowest BCUT2D eigenvalue weighted by atomic mass is 10.2. The van der Waals surface area contributed by atoms with Crippen LogP contribution in [0, 0.1) is 0 Å². The summed E-state index contributed by atoms with van der Waals surface area (Å²) in [7, 11) is 0. The second-order valence-electron chi connectivity index (χ2n) is 8.08. The van der Waals surface area contributed by atoms with E-state index in [1.165, 1.54) is 38.0 Å². The standard InChI is InChI=1S/C24H22ClN5O4S2/c25-20-2-1-18(36-20)13-26-21-12-19(27-30(21)24(33)17-4-10-35-15-17)16-3-5-29(22(31)11-16)14-23(32)28-6-8-34-9-7-28/h1-5,10-12,15,26H,6-9,13-14H2. The number of amides is 1. The third kappa shape index (κ3) is 5.44. The third-order valence-electron chi connectivity index (χ3n) is 5.70. The Bertz CT molecular complexity index is 1440. The molecule has 0 unspecified atom stereocenters. The molecular weight excluding hydrogens is 522 g/mol. The second kappa shape index (κ2) is 10.8. The molecule has 0 spiro atoms. The first-order valence-electron chi connectivity index (χ1n) is 11.2. The quantitative estimate of drug-likeness (QED) is 0.382. The van der Waals surface area contributed by atoms with Crippen LogP contribution < -0.4 is 10.9 Å². The molecule has 0 atom stereocenters. The summed E-state index contributed by atoms with van der Waals surface area (Å²) in [5.41, 5.74) is 1.22. The van der Waals surface area contributed by atoms with Crippen LogP contribution in [0.25, 0.3) is 11.3 Å². The minimum atomic E-state index is -0.324. The summed E-state index contributed by atoms with van der Waals surface area (Å²) in [5, 5.41) is 11.4. The Labute approximate surface area is 219 Å². The molecule has 1 N–H and O–H groups in total. The molecule has 1 aliphatic heterocycles. The molecule has 4 aromatic rings. The fourth-order valence-corrected chi connectivity index (χ4v) is 5.45. The van der Waals surface area contributed by atoms with Crippen molar-refractivity contribution in [3.05, 3.63) is 78.5 Å². The Morgan fingerprint density at radius 2 is 1.97 bits per heavy atom. The smallest absolute Gasteiger partial charge is 0.280 e. The number of carbonyl (C=O) groups is 2. The molecule has 0 aliphatic carbocycles. The van der Waals surface area contributed by atoms with Crippen LogP contribution in [0.2, 0.25) is 4.34 Å².